The standard InChI is InChI=1S/C3H7FO3S.FH/c1-2-3(4)8(5,6)7;/h3H,2H2,1H3,(H,5,6,7);1H. The lowest BCUT2D eigenvalue weighted by atomic mass is 10.6. The number of hydrogen-bond donors (Lipinski definition) is 1. The number of halogens is 2. The van der Waals surface area contributed by atoms with Gasteiger partial charge in [-0.25, -0.2) is 4.39 Å². The summed E-state index contributed by atoms with van der Waals surface area (Å²) in [6.45, 7) is 1.33. The molecule has 0 saturated heterocycles. The van der Waals surface area contributed by atoms with Crippen molar-refractivity contribution in [1.82, 2.24) is 0 Å². The topological polar surface area (TPSA) is 54.4 Å². The maximum Gasteiger partial charge on any atom is 0.297 e. The molecule has 0 aromatic rings. The molecule has 0 rings (SSSR count). The summed E-state index contributed by atoms with van der Waals surface area (Å²) >= 11 is 0. The van der Waals surface area contributed by atoms with E-state index in [2.05, 4.69) is 0 Å². The van der Waals surface area contributed by atoms with Crippen LogP contribution in [0.2, 0.25) is 0 Å². The molecule has 1 N–H and O–H groups in total. The third kappa shape index (κ3) is 4.28. The van der Waals surface area contributed by atoms with Crippen LogP contribution in [0.3, 0.4) is 0 Å². The Morgan fingerprint density at radius 3 is 2.00 bits per heavy atom. The second-order valence-electron chi connectivity index (χ2n) is 1.33. The highest BCUT2D eigenvalue weighted by atomic mass is 32.2. The van der Waals surface area contributed by atoms with Crippen LogP contribution in [0, 0.1) is 0 Å². The molecule has 0 amide bonds. The van der Waals surface area contributed by atoms with E-state index in [9.17, 15) is 12.8 Å². The summed E-state index contributed by atoms with van der Waals surface area (Å²) in [4.78, 5) is 0. The second-order valence-corrected chi connectivity index (χ2v) is 2.87. The van der Waals surface area contributed by atoms with Crippen molar-refractivity contribution in [3.63, 3.8) is 0 Å². The van der Waals surface area contributed by atoms with Gasteiger partial charge in [0.1, 0.15) is 0 Å². The molecule has 0 spiro atoms. The summed E-state index contributed by atoms with van der Waals surface area (Å²) in [5.74, 6) is 0. The SMILES string of the molecule is CCC(F)S(=O)(=O)O.F. The highest BCUT2D eigenvalue weighted by Gasteiger charge is 2.18. The fraction of sp³-hybridized carbons (Fsp3) is 1.00. The van der Waals surface area contributed by atoms with E-state index in [0.29, 0.717) is 0 Å². The maximum atomic E-state index is 11.8. The first-order chi connectivity index (χ1) is 3.48. The first-order valence-electron chi connectivity index (χ1n) is 2.09. The Labute approximate surface area is 52.0 Å². The molecule has 0 aliphatic carbocycles. The summed E-state index contributed by atoms with van der Waals surface area (Å²) in [7, 11) is -4.42. The molecule has 0 heterocycles. The van der Waals surface area contributed by atoms with E-state index in [1.807, 2.05) is 0 Å². The van der Waals surface area contributed by atoms with Crippen molar-refractivity contribution in [2.75, 3.05) is 0 Å². The Kier molecular flexibility index (Phi) is 4.79. The van der Waals surface area contributed by atoms with Gasteiger partial charge < -0.3 is 0 Å². The van der Waals surface area contributed by atoms with Crippen LogP contribution in [-0.2, 0) is 10.1 Å². The van der Waals surface area contributed by atoms with E-state index in [0.717, 1.165) is 0 Å². The van der Waals surface area contributed by atoms with Crippen molar-refractivity contribution in [2.45, 2.75) is 18.8 Å². The molecule has 1 atom stereocenters. The van der Waals surface area contributed by atoms with Gasteiger partial charge >= 0.3 is 0 Å². The van der Waals surface area contributed by atoms with Crippen LogP contribution in [0.15, 0.2) is 0 Å². The minimum Gasteiger partial charge on any atom is -0.283 e. The molecule has 1 unspecified atom stereocenters. The molecule has 6 heteroatoms. The van der Waals surface area contributed by atoms with Gasteiger partial charge in [-0.3, -0.25) is 9.26 Å². The zero-order valence-corrected chi connectivity index (χ0v) is 5.56. The van der Waals surface area contributed by atoms with Gasteiger partial charge in [0.05, 0.1) is 0 Å². The smallest absolute Gasteiger partial charge is 0.283 e. The third-order valence-electron chi connectivity index (χ3n) is 0.644. The lowest BCUT2D eigenvalue weighted by Crippen LogP contribution is -2.12. The van der Waals surface area contributed by atoms with Crippen molar-refractivity contribution in [3.8, 4) is 0 Å². The van der Waals surface area contributed by atoms with Gasteiger partial charge in [-0.05, 0) is 6.42 Å². The van der Waals surface area contributed by atoms with Crippen LogP contribution in [0.5, 0.6) is 0 Å². The summed E-state index contributed by atoms with van der Waals surface area (Å²) in [6.07, 6.45) is -0.209. The van der Waals surface area contributed by atoms with Crippen LogP contribution in [-0.4, -0.2) is 18.5 Å². The summed E-state index contributed by atoms with van der Waals surface area (Å²) in [5.41, 5.74) is -2.12. The van der Waals surface area contributed by atoms with E-state index < -0.39 is 15.6 Å². The van der Waals surface area contributed by atoms with Crippen LogP contribution >= 0.6 is 0 Å². The van der Waals surface area contributed by atoms with Crippen LogP contribution in [0.4, 0.5) is 9.09 Å². The van der Waals surface area contributed by atoms with Gasteiger partial charge in [0, 0.05) is 0 Å². The van der Waals surface area contributed by atoms with Gasteiger partial charge in [0.15, 0.2) is 0 Å². The Bertz CT molecular complexity index is 152. The second kappa shape index (κ2) is 3.73. The van der Waals surface area contributed by atoms with Crippen molar-refractivity contribution in [1.29, 1.82) is 0 Å². The third-order valence-corrected chi connectivity index (χ3v) is 1.62. The van der Waals surface area contributed by atoms with Crippen molar-refractivity contribution in [2.24, 2.45) is 0 Å². The minimum atomic E-state index is -4.42. The Hall–Kier alpha value is -0.230. The molecule has 0 aliphatic heterocycles. The maximum absolute atomic E-state index is 11.8. The largest absolute Gasteiger partial charge is 0.297 e. The van der Waals surface area contributed by atoms with Crippen molar-refractivity contribution < 1.29 is 22.1 Å². The van der Waals surface area contributed by atoms with Crippen LogP contribution in [0.25, 0.3) is 0 Å². The molecular weight excluding hydrogens is 154 g/mol. The lowest BCUT2D eigenvalue weighted by molar-refractivity contribution is 0.366. The molecule has 0 aromatic carbocycles. The summed E-state index contributed by atoms with van der Waals surface area (Å²) in [6, 6.07) is 0. The predicted octanol–water partition coefficient (Wildman–Crippen LogP) is 0.732. The highest BCUT2D eigenvalue weighted by molar-refractivity contribution is 7.86. The molecule has 0 radical (unpaired) electrons. The molecule has 9 heavy (non-hydrogen) atoms. The molecule has 0 fully saturated rings. The van der Waals surface area contributed by atoms with Gasteiger partial charge in [-0.1, -0.05) is 6.92 Å². The Balaban J connectivity index is 0. The highest BCUT2D eigenvalue weighted by Crippen LogP contribution is 2.02. The van der Waals surface area contributed by atoms with Crippen molar-refractivity contribution >= 4 is 10.1 Å². The summed E-state index contributed by atoms with van der Waals surface area (Å²) in [5, 5.41) is 0. The van der Waals surface area contributed by atoms with Gasteiger partial charge in [0.2, 0.25) is 5.50 Å². The first kappa shape index (κ1) is 11.6. The Morgan fingerprint density at radius 1 is 1.67 bits per heavy atom. The van der Waals surface area contributed by atoms with E-state index in [1.54, 1.807) is 0 Å². The zero-order valence-electron chi connectivity index (χ0n) is 4.74. The number of alkyl halides is 1. The molecule has 0 saturated carbocycles. The molecule has 0 aliphatic rings. The van der Waals surface area contributed by atoms with E-state index in [1.165, 1.54) is 6.92 Å². The van der Waals surface area contributed by atoms with Gasteiger partial charge in [-0.2, -0.15) is 8.42 Å². The quantitative estimate of drug-likeness (QED) is 0.609. The fourth-order valence-corrected chi connectivity index (χ4v) is 0.632. The molecule has 0 bridgehead atoms. The monoisotopic (exact) mass is 162 g/mol. The zero-order chi connectivity index (χ0) is 6.78. The first-order valence-corrected chi connectivity index (χ1v) is 3.59. The molecule has 0 aromatic heterocycles. The Morgan fingerprint density at radius 2 is 2.00 bits per heavy atom. The minimum absolute atomic E-state index is 0. The predicted molar refractivity (Wildman–Crippen MR) is 29.2 cm³/mol. The van der Waals surface area contributed by atoms with Crippen LogP contribution < -0.4 is 0 Å². The van der Waals surface area contributed by atoms with E-state index >= 15 is 0 Å². The van der Waals surface area contributed by atoms with Gasteiger partial charge in [-0.15, -0.1) is 0 Å². The van der Waals surface area contributed by atoms with E-state index in [-0.39, 0.29) is 11.1 Å². The normalized spacial score (nSPS) is 14.1. The van der Waals surface area contributed by atoms with Crippen molar-refractivity contribution in [3.05, 3.63) is 0 Å². The number of hydrogen-bond acceptors (Lipinski definition) is 2. The lowest BCUT2D eigenvalue weighted by Gasteiger charge is -1.96. The fourth-order valence-electron chi connectivity index (χ4n) is 0.211. The van der Waals surface area contributed by atoms with Crippen LogP contribution in [0.1, 0.15) is 13.3 Å². The van der Waals surface area contributed by atoms with E-state index in [4.69, 9.17) is 4.55 Å². The number of rotatable bonds is 2. The van der Waals surface area contributed by atoms with Gasteiger partial charge in [0.25, 0.3) is 10.1 Å². The molecule has 3 nitrogen and oxygen atoms in total. The summed E-state index contributed by atoms with van der Waals surface area (Å²) < 4.78 is 39.2. The molecule has 58 valence electrons. The average molecular weight is 162 g/mol. The average Bonchev–Trinajstić information content (AvgIpc) is 1.62. The molecular formula is C3H8F2O3S.